The lowest BCUT2D eigenvalue weighted by atomic mass is 9.96. The third-order valence-electron chi connectivity index (χ3n) is 5.49. The first-order chi connectivity index (χ1) is 14.0. The maximum absolute atomic E-state index is 12.9. The molecule has 3 aromatic rings. The maximum atomic E-state index is 12.9. The summed E-state index contributed by atoms with van der Waals surface area (Å²) in [7, 11) is 1.88. The van der Waals surface area contributed by atoms with Gasteiger partial charge in [-0.15, -0.1) is 0 Å². The SMILES string of the molecule is C=CC(=O)N1C[C@H](c2ccccc2)C[C@H]1C(=O)NCc1ccc2cn(C)nc2c1. The molecule has 0 aliphatic carbocycles. The third-order valence-corrected chi connectivity index (χ3v) is 5.49. The van der Waals surface area contributed by atoms with Crippen molar-refractivity contribution in [2.45, 2.75) is 24.9 Å². The maximum Gasteiger partial charge on any atom is 0.246 e. The number of carbonyl (C=O) groups excluding carboxylic acids is 2. The van der Waals surface area contributed by atoms with Crippen LogP contribution in [0.25, 0.3) is 10.9 Å². The van der Waals surface area contributed by atoms with Gasteiger partial charge in [-0.25, -0.2) is 0 Å². The van der Waals surface area contributed by atoms with Gasteiger partial charge in [-0.2, -0.15) is 5.10 Å². The molecule has 2 atom stereocenters. The van der Waals surface area contributed by atoms with Gasteiger partial charge in [-0.05, 0) is 29.7 Å². The molecule has 1 aliphatic heterocycles. The van der Waals surface area contributed by atoms with Crippen molar-refractivity contribution in [3.8, 4) is 0 Å². The second kappa shape index (κ2) is 7.91. The molecule has 1 aliphatic rings. The lowest BCUT2D eigenvalue weighted by Crippen LogP contribution is -2.45. The summed E-state index contributed by atoms with van der Waals surface area (Å²) in [5.41, 5.74) is 3.02. The van der Waals surface area contributed by atoms with Crippen LogP contribution < -0.4 is 5.32 Å². The summed E-state index contributed by atoms with van der Waals surface area (Å²) in [6.45, 7) is 4.51. The first-order valence-electron chi connectivity index (χ1n) is 9.73. The summed E-state index contributed by atoms with van der Waals surface area (Å²) in [6.07, 6.45) is 3.84. The van der Waals surface area contributed by atoms with Crippen LogP contribution >= 0.6 is 0 Å². The van der Waals surface area contributed by atoms with E-state index in [-0.39, 0.29) is 17.7 Å². The molecule has 2 aromatic carbocycles. The van der Waals surface area contributed by atoms with Crippen LogP contribution in [-0.2, 0) is 23.2 Å². The first kappa shape index (κ1) is 18.9. The number of aryl methyl sites for hydroxylation is 1. The smallest absolute Gasteiger partial charge is 0.246 e. The van der Waals surface area contributed by atoms with Gasteiger partial charge in [-0.1, -0.05) is 49.0 Å². The molecule has 1 aromatic heterocycles. The molecule has 2 heterocycles. The average molecular weight is 388 g/mol. The van der Waals surface area contributed by atoms with E-state index in [9.17, 15) is 9.59 Å². The molecular formula is C23H24N4O2. The second-order valence-corrected chi connectivity index (χ2v) is 7.47. The van der Waals surface area contributed by atoms with Crippen molar-refractivity contribution in [1.82, 2.24) is 20.0 Å². The molecule has 4 rings (SSSR count). The van der Waals surface area contributed by atoms with E-state index in [4.69, 9.17) is 0 Å². The largest absolute Gasteiger partial charge is 0.350 e. The molecule has 0 radical (unpaired) electrons. The van der Waals surface area contributed by atoms with E-state index < -0.39 is 6.04 Å². The van der Waals surface area contributed by atoms with Crippen LogP contribution in [0.5, 0.6) is 0 Å². The molecule has 1 fully saturated rings. The monoisotopic (exact) mass is 388 g/mol. The van der Waals surface area contributed by atoms with Crippen LogP contribution in [0.15, 0.2) is 67.4 Å². The van der Waals surface area contributed by atoms with Crippen molar-refractivity contribution in [1.29, 1.82) is 0 Å². The Bertz CT molecular complexity index is 1060. The van der Waals surface area contributed by atoms with E-state index in [2.05, 4.69) is 17.0 Å². The Kier molecular flexibility index (Phi) is 5.16. The molecule has 1 N–H and O–H groups in total. The molecule has 6 heteroatoms. The fourth-order valence-electron chi connectivity index (χ4n) is 4.01. The topological polar surface area (TPSA) is 67.2 Å². The second-order valence-electron chi connectivity index (χ2n) is 7.47. The van der Waals surface area contributed by atoms with Crippen molar-refractivity contribution >= 4 is 22.7 Å². The van der Waals surface area contributed by atoms with Gasteiger partial charge < -0.3 is 10.2 Å². The highest BCUT2D eigenvalue weighted by atomic mass is 16.2. The van der Waals surface area contributed by atoms with Gasteiger partial charge >= 0.3 is 0 Å². The van der Waals surface area contributed by atoms with Crippen molar-refractivity contribution in [2.24, 2.45) is 7.05 Å². The number of amides is 2. The average Bonchev–Trinajstić information content (AvgIpc) is 3.35. The number of fused-ring (bicyclic) bond motifs is 1. The minimum atomic E-state index is -0.496. The Hall–Kier alpha value is -3.41. The molecule has 0 saturated carbocycles. The zero-order valence-corrected chi connectivity index (χ0v) is 16.4. The zero-order chi connectivity index (χ0) is 20.4. The predicted octanol–water partition coefficient (Wildman–Crippen LogP) is 2.76. The van der Waals surface area contributed by atoms with Gasteiger partial charge in [-0.3, -0.25) is 14.3 Å². The van der Waals surface area contributed by atoms with Gasteiger partial charge in [0, 0.05) is 37.6 Å². The number of hydrogen-bond donors (Lipinski definition) is 1. The highest BCUT2D eigenvalue weighted by Gasteiger charge is 2.39. The van der Waals surface area contributed by atoms with Crippen LogP contribution in [0.2, 0.25) is 0 Å². The molecule has 0 unspecified atom stereocenters. The number of nitrogens with one attached hydrogen (secondary N) is 1. The minimum absolute atomic E-state index is 0.139. The molecule has 148 valence electrons. The summed E-state index contributed by atoms with van der Waals surface area (Å²) in [5.74, 6) is -0.209. The Morgan fingerprint density at radius 2 is 2.03 bits per heavy atom. The molecule has 29 heavy (non-hydrogen) atoms. The molecule has 0 bridgehead atoms. The Morgan fingerprint density at radius 3 is 2.79 bits per heavy atom. The Labute approximate surface area is 169 Å². The highest BCUT2D eigenvalue weighted by molar-refractivity contribution is 5.93. The van der Waals surface area contributed by atoms with Gasteiger partial charge in [0.25, 0.3) is 0 Å². The fraction of sp³-hybridized carbons (Fsp3) is 0.261. The van der Waals surface area contributed by atoms with E-state index in [1.165, 1.54) is 6.08 Å². The minimum Gasteiger partial charge on any atom is -0.350 e. The number of hydrogen-bond acceptors (Lipinski definition) is 3. The molecular weight excluding hydrogens is 364 g/mol. The number of aromatic nitrogens is 2. The molecule has 2 amide bonds. The van der Waals surface area contributed by atoms with Gasteiger partial charge in [0.15, 0.2) is 0 Å². The number of carbonyl (C=O) groups is 2. The number of rotatable bonds is 5. The highest BCUT2D eigenvalue weighted by Crippen LogP contribution is 2.32. The Morgan fingerprint density at radius 1 is 1.24 bits per heavy atom. The first-order valence-corrected chi connectivity index (χ1v) is 9.73. The molecule has 0 spiro atoms. The van der Waals surface area contributed by atoms with E-state index in [0.29, 0.717) is 19.5 Å². The summed E-state index contributed by atoms with van der Waals surface area (Å²) in [6, 6.07) is 15.5. The summed E-state index contributed by atoms with van der Waals surface area (Å²) < 4.78 is 1.77. The van der Waals surface area contributed by atoms with Crippen molar-refractivity contribution < 1.29 is 9.59 Å². The van der Waals surface area contributed by atoms with E-state index in [1.807, 2.05) is 61.8 Å². The fourth-order valence-corrected chi connectivity index (χ4v) is 4.01. The van der Waals surface area contributed by atoms with E-state index in [0.717, 1.165) is 22.0 Å². The van der Waals surface area contributed by atoms with Gasteiger partial charge in [0.1, 0.15) is 6.04 Å². The standard InChI is InChI=1S/C23H24N4O2/c1-3-22(28)27-15-19(17-7-5-4-6-8-17)12-21(27)23(29)24-13-16-9-10-18-14-26(2)25-20(18)11-16/h3-11,14,19,21H,1,12-13,15H2,2H3,(H,24,29)/t19-,21+/m1/s1. The van der Waals surface area contributed by atoms with Gasteiger partial charge in [0.05, 0.1) is 5.52 Å². The van der Waals surface area contributed by atoms with Crippen LogP contribution in [0.1, 0.15) is 23.5 Å². The summed E-state index contributed by atoms with van der Waals surface area (Å²) in [4.78, 5) is 26.9. The van der Waals surface area contributed by atoms with Crippen molar-refractivity contribution in [2.75, 3.05) is 6.54 Å². The predicted molar refractivity (Wildman–Crippen MR) is 112 cm³/mol. The summed E-state index contributed by atoms with van der Waals surface area (Å²) in [5, 5.41) is 8.46. The zero-order valence-electron chi connectivity index (χ0n) is 16.4. The normalized spacial score (nSPS) is 18.7. The lowest BCUT2D eigenvalue weighted by molar-refractivity contribution is -0.135. The van der Waals surface area contributed by atoms with Crippen LogP contribution in [-0.4, -0.2) is 39.1 Å². The van der Waals surface area contributed by atoms with Crippen LogP contribution in [0.4, 0.5) is 0 Å². The van der Waals surface area contributed by atoms with Crippen LogP contribution in [0, 0.1) is 0 Å². The van der Waals surface area contributed by atoms with Gasteiger partial charge in [0.2, 0.25) is 11.8 Å². The quantitative estimate of drug-likeness (QED) is 0.684. The number of nitrogens with zero attached hydrogens (tertiary/aromatic N) is 3. The van der Waals surface area contributed by atoms with Crippen molar-refractivity contribution in [3.05, 3.63) is 78.5 Å². The van der Waals surface area contributed by atoms with Crippen molar-refractivity contribution in [3.63, 3.8) is 0 Å². The lowest BCUT2D eigenvalue weighted by Gasteiger charge is -2.22. The van der Waals surface area contributed by atoms with Crippen LogP contribution in [0.3, 0.4) is 0 Å². The number of likely N-dealkylation sites (tertiary alicyclic amines) is 1. The molecule has 6 nitrogen and oxygen atoms in total. The Balaban J connectivity index is 1.47. The van der Waals surface area contributed by atoms with E-state index in [1.54, 1.807) is 9.58 Å². The third kappa shape index (κ3) is 3.92. The van der Waals surface area contributed by atoms with E-state index >= 15 is 0 Å². The summed E-state index contributed by atoms with van der Waals surface area (Å²) >= 11 is 0. The number of benzene rings is 2. The molecule has 1 saturated heterocycles.